The van der Waals surface area contributed by atoms with Crippen LogP contribution in [-0.4, -0.2) is 45.4 Å². The molecule has 0 aliphatic carbocycles. The first-order chi connectivity index (χ1) is 18.4. The summed E-state index contributed by atoms with van der Waals surface area (Å²) in [5, 5.41) is 8.08. The first-order valence-electron chi connectivity index (χ1n) is 12.3. The summed E-state index contributed by atoms with van der Waals surface area (Å²) in [6.45, 7) is 4.65. The minimum Gasteiger partial charge on any atom is -0.351 e. The van der Waals surface area contributed by atoms with Crippen molar-refractivity contribution in [1.82, 2.24) is 10.2 Å². The number of hydrogen-bond acceptors (Lipinski definition) is 7. The Balaban J connectivity index is 1.26. The van der Waals surface area contributed by atoms with Gasteiger partial charge in [-0.05, 0) is 47.2 Å². The summed E-state index contributed by atoms with van der Waals surface area (Å²) in [6, 6.07) is 18.2. The molecule has 1 atom stereocenters. The van der Waals surface area contributed by atoms with Gasteiger partial charge in [0, 0.05) is 16.1 Å². The second-order valence-electron chi connectivity index (χ2n) is 9.23. The number of nitrogens with zero attached hydrogens (tertiary/aromatic N) is 3. The van der Waals surface area contributed by atoms with Crippen LogP contribution >= 0.6 is 23.1 Å². The van der Waals surface area contributed by atoms with E-state index in [9.17, 15) is 14.4 Å². The molecule has 8 nitrogen and oxygen atoms in total. The molecular formula is C28H27N5O3S2. The van der Waals surface area contributed by atoms with Gasteiger partial charge in [0.1, 0.15) is 11.9 Å². The first kappa shape index (κ1) is 25.9. The van der Waals surface area contributed by atoms with Crippen LogP contribution in [0.3, 0.4) is 0 Å². The Hall–Kier alpha value is -3.76. The van der Waals surface area contributed by atoms with Gasteiger partial charge in [-0.25, -0.2) is 9.89 Å². The van der Waals surface area contributed by atoms with Crippen molar-refractivity contribution >= 4 is 63.2 Å². The highest BCUT2D eigenvalue weighted by atomic mass is 32.2. The van der Waals surface area contributed by atoms with Crippen LogP contribution in [0, 0.1) is 0 Å². The third kappa shape index (κ3) is 5.71. The Labute approximate surface area is 229 Å². The Kier molecular flexibility index (Phi) is 7.71. The molecule has 194 valence electrons. The zero-order chi connectivity index (χ0) is 26.6. The maximum Gasteiger partial charge on any atom is 0.259 e. The molecule has 3 aromatic rings. The van der Waals surface area contributed by atoms with E-state index in [1.54, 1.807) is 11.3 Å². The van der Waals surface area contributed by atoms with Gasteiger partial charge in [0.15, 0.2) is 5.17 Å². The van der Waals surface area contributed by atoms with Gasteiger partial charge in [-0.1, -0.05) is 55.9 Å². The van der Waals surface area contributed by atoms with E-state index in [4.69, 9.17) is 0 Å². The summed E-state index contributed by atoms with van der Waals surface area (Å²) in [5.74, 6) is 0.162. The average Bonchev–Trinajstić information content (AvgIpc) is 3.55. The van der Waals surface area contributed by atoms with E-state index in [2.05, 4.69) is 34.5 Å². The van der Waals surface area contributed by atoms with Crippen molar-refractivity contribution in [2.45, 2.75) is 38.8 Å². The van der Waals surface area contributed by atoms with Crippen LogP contribution in [0.1, 0.15) is 42.2 Å². The number of nitrogens with one attached hydrogen (secondary N) is 2. The quantitative estimate of drug-likeness (QED) is 0.420. The summed E-state index contributed by atoms with van der Waals surface area (Å²) in [7, 11) is 0. The highest BCUT2D eigenvalue weighted by Gasteiger charge is 2.42. The number of anilines is 1. The summed E-state index contributed by atoms with van der Waals surface area (Å²) in [5.41, 5.74) is 3.30. The highest BCUT2D eigenvalue weighted by molar-refractivity contribution is 8.14. The molecule has 0 radical (unpaired) electrons. The molecule has 2 aliphatic heterocycles. The Bertz CT molecular complexity index is 1410. The molecule has 10 heteroatoms. The maximum absolute atomic E-state index is 13.4. The monoisotopic (exact) mass is 545 g/mol. The van der Waals surface area contributed by atoms with Gasteiger partial charge < -0.3 is 10.6 Å². The molecular weight excluding hydrogens is 518 g/mol. The largest absolute Gasteiger partial charge is 0.351 e. The fourth-order valence-electron chi connectivity index (χ4n) is 4.16. The summed E-state index contributed by atoms with van der Waals surface area (Å²) >= 11 is 2.73. The molecule has 2 aliphatic rings. The number of aliphatic imine (C=N–C) groups is 2. The van der Waals surface area contributed by atoms with Gasteiger partial charge in [0.25, 0.3) is 5.91 Å². The lowest BCUT2D eigenvalue weighted by Gasteiger charge is -2.25. The number of thiophene rings is 1. The van der Waals surface area contributed by atoms with Crippen molar-refractivity contribution in [3.05, 3.63) is 82.0 Å². The van der Waals surface area contributed by atoms with Gasteiger partial charge >= 0.3 is 0 Å². The van der Waals surface area contributed by atoms with E-state index >= 15 is 0 Å². The van der Waals surface area contributed by atoms with Gasteiger partial charge in [-0.3, -0.25) is 19.4 Å². The van der Waals surface area contributed by atoms with Crippen molar-refractivity contribution in [2.75, 3.05) is 11.1 Å². The molecule has 0 bridgehead atoms. The molecule has 0 spiro atoms. The normalized spacial score (nSPS) is 16.0. The van der Waals surface area contributed by atoms with E-state index in [0.29, 0.717) is 34.8 Å². The third-order valence-electron chi connectivity index (χ3n) is 6.16. The standard InChI is InChI=1S/C28H27N5O3S2/c1-17(2)18-9-11-19(12-10-18)30-25(35)16-38-28-32-22-8-4-3-7-21(22)26-31-23(27(36)33(26)28)14-24(34)29-15-20-6-5-13-37-20/h3-13,17,23H,14-16H2,1-2H3,(H,29,34)(H,30,35)/t23-/m1/s1. The molecule has 0 fully saturated rings. The van der Waals surface area contributed by atoms with Crippen molar-refractivity contribution < 1.29 is 14.4 Å². The fourth-order valence-corrected chi connectivity index (χ4v) is 5.60. The average molecular weight is 546 g/mol. The number of fused-ring (bicyclic) bond motifs is 3. The number of rotatable bonds is 8. The Morgan fingerprint density at radius 3 is 2.58 bits per heavy atom. The van der Waals surface area contributed by atoms with Crippen LogP contribution in [0.2, 0.25) is 0 Å². The van der Waals surface area contributed by atoms with Crippen LogP contribution < -0.4 is 10.6 Å². The van der Waals surface area contributed by atoms with Crippen LogP contribution in [0.15, 0.2) is 76.0 Å². The minimum atomic E-state index is -0.849. The van der Waals surface area contributed by atoms with Crippen molar-refractivity contribution in [1.29, 1.82) is 0 Å². The zero-order valence-electron chi connectivity index (χ0n) is 21.0. The number of thioether (sulfide) groups is 1. The molecule has 0 saturated heterocycles. The Morgan fingerprint density at radius 2 is 1.84 bits per heavy atom. The molecule has 0 unspecified atom stereocenters. The number of amides is 3. The van der Waals surface area contributed by atoms with E-state index in [0.717, 1.165) is 10.4 Å². The van der Waals surface area contributed by atoms with Gasteiger partial charge in [0.2, 0.25) is 11.8 Å². The lowest BCUT2D eigenvalue weighted by atomic mass is 10.0. The summed E-state index contributed by atoms with van der Waals surface area (Å²) in [6.07, 6.45) is -0.0584. The maximum atomic E-state index is 13.4. The highest BCUT2D eigenvalue weighted by Crippen LogP contribution is 2.34. The van der Waals surface area contributed by atoms with Crippen LogP contribution in [0.25, 0.3) is 0 Å². The predicted octanol–water partition coefficient (Wildman–Crippen LogP) is 4.91. The third-order valence-corrected chi connectivity index (χ3v) is 7.97. The first-order valence-corrected chi connectivity index (χ1v) is 14.2. The van der Waals surface area contributed by atoms with Gasteiger partial charge in [-0.15, -0.1) is 11.3 Å². The molecule has 2 aromatic carbocycles. The molecule has 1 aromatic heterocycles. The number of carbonyl (C=O) groups excluding carboxylic acids is 3. The molecule has 3 amide bonds. The number of benzene rings is 2. The molecule has 0 saturated carbocycles. The van der Waals surface area contributed by atoms with Crippen LogP contribution in [0.4, 0.5) is 11.4 Å². The second-order valence-corrected chi connectivity index (χ2v) is 11.2. The summed E-state index contributed by atoms with van der Waals surface area (Å²) in [4.78, 5) is 50.4. The van der Waals surface area contributed by atoms with Crippen molar-refractivity contribution in [2.24, 2.45) is 9.98 Å². The molecule has 5 rings (SSSR count). The van der Waals surface area contributed by atoms with Gasteiger partial charge in [0.05, 0.1) is 24.4 Å². The van der Waals surface area contributed by atoms with E-state index in [1.165, 1.54) is 22.2 Å². The number of amidine groups is 2. The molecule has 2 N–H and O–H groups in total. The smallest absolute Gasteiger partial charge is 0.259 e. The van der Waals surface area contributed by atoms with Crippen molar-refractivity contribution in [3.63, 3.8) is 0 Å². The lowest BCUT2D eigenvalue weighted by molar-refractivity contribution is -0.128. The topological polar surface area (TPSA) is 103 Å². The van der Waals surface area contributed by atoms with E-state index in [1.807, 2.05) is 66.0 Å². The van der Waals surface area contributed by atoms with Crippen LogP contribution in [0.5, 0.6) is 0 Å². The van der Waals surface area contributed by atoms with E-state index in [-0.39, 0.29) is 29.9 Å². The molecule has 3 heterocycles. The Morgan fingerprint density at radius 1 is 1.05 bits per heavy atom. The number of hydrogen-bond donors (Lipinski definition) is 2. The predicted molar refractivity (Wildman–Crippen MR) is 153 cm³/mol. The zero-order valence-corrected chi connectivity index (χ0v) is 22.6. The van der Waals surface area contributed by atoms with Gasteiger partial charge in [-0.2, -0.15) is 0 Å². The number of carbonyl (C=O) groups is 3. The molecule has 38 heavy (non-hydrogen) atoms. The lowest BCUT2D eigenvalue weighted by Crippen LogP contribution is -2.42. The minimum absolute atomic E-state index is 0.0584. The summed E-state index contributed by atoms with van der Waals surface area (Å²) < 4.78 is 0. The van der Waals surface area contributed by atoms with Crippen LogP contribution in [-0.2, 0) is 20.9 Å². The van der Waals surface area contributed by atoms with Crippen molar-refractivity contribution in [3.8, 4) is 0 Å². The number of para-hydroxylation sites is 1. The fraction of sp³-hybridized carbons (Fsp3) is 0.250. The SMILES string of the molecule is CC(C)c1ccc(NC(=O)CSC2=Nc3ccccc3C3=N[C@H](CC(=O)NCc4cccs4)C(=O)N23)cc1. The second kappa shape index (κ2) is 11.3. The van der Waals surface area contributed by atoms with E-state index < -0.39 is 6.04 Å².